The molecule has 2 rings (SSSR count). The zero-order valence-electron chi connectivity index (χ0n) is 15.1. The van der Waals surface area contributed by atoms with Gasteiger partial charge in [-0.2, -0.15) is 0 Å². The molecule has 8 heteroatoms. The number of carbonyl (C=O) groups excluding carboxylic acids is 1. The minimum Gasteiger partial charge on any atom is -0.497 e. The van der Waals surface area contributed by atoms with Crippen LogP contribution in [0.3, 0.4) is 0 Å². The van der Waals surface area contributed by atoms with E-state index in [0.717, 1.165) is 5.56 Å². The van der Waals surface area contributed by atoms with Crippen LogP contribution < -0.4 is 19.5 Å². The highest BCUT2D eigenvalue weighted by Gasteiger charge is 2.12. The molecule has 0 unspecified atom stereocenters. The van der Waals surface area contributed by atoms with Gasteiger partial charge in [-0.25, -0.2) is 13.1 Å². The summed E-state index contributed by atoms with van der Waals surface area (Å²) in [6.07, 6.45) is 2.98. The predicted molar refractivity (Wildman–Crippen MR) is 103 cm³/mol. The Labute approximate surface area is 159 Å². The Bertz CT molecular complexity index is 873. The summed E-state index contributed by atoms with van der Waals surface area (Å²) < 4.78 is 36.9. The molecule has 2 N–H and O–H groups in total. The summed E-state index contributed by atoms with van der Waals surface area (Å²) in [5.41, 5.74) is 0.742. The lowest BCUT2D eigenvalue weighted by molar-refractivity contribution is -0.116. The number of amides is 1. The maximum absolute atomic E-state index is 12.0. The maximum Gasteiger partial charge on any atom is 0.244 e. The topological polar surface area (TPSA) is 93.7 Å². The van der Waals surface area contributed by atoms with Gasteiger partial charge in [0, 0.05) is 25.2 Å². The second-order valence-electron chi connectivity index (χ2n) is 5.48. The lowest BCUT2D eigenvalue weighted by Crippen LogP contribution is -2.34. The van der Waals surface area contributed by atoms with E-state index in [9.17, 15) is 13.2 Å². The molecule has 2 aromatic carbocycles. The van der Waals surface area contributed by atoms with Crippen LogP contribution in [0.1, 0.15) is 5.56 Å². The quantitative estimate of drug-likeness (QED) is 0.503. The van der Waals surface area contributed by atoms with Crippen LogP contribution in [0.5, 0.6) is 11.5 Å². The molecule has 7 nitrogen and oxygen atoms in total. The van der Waals surface area contributed by atoms with Gasteiger partial charge >= 0.3 is 0 Å². The fraction of sp³-hybridized carbons (Fsp3) is 0.211. The van der Waals surface area contributed by atoms with E-state index in [-0.39, 0.29) is 23.9 Å². The van der Waals surface area contributed by atoms with Crippen LogP contribution in [0.4, 0.5) is 0 Å². The standard InChI is InChI=1S/C19H22N2O5S/c1-25-16-12-15(13-17(14-16)26-2)8-9-19(22)20-10-11-21-27(23,24)18-6-4-3-5-7-18/h3-9,12-14,21H,10-11H2,1-2H3,(H,20,22). The molecular formula is C19H22N2O5S. The molecule has 0 fully saturated rings. The number of ether oxygens (including phenoxy) is 2. The molecule has 2 aromatic rings. The molecule has 0 aromatic heterocycles. The van der Waals surface area contributed by atoms with Crippen LogP contribution in [0.15, 0.2) is 59.5 Å². The SMILES string of the molecule is COc1cc(C=CC(=O)NCCNS(=O)(=O)c2ccccc2)cc(OC)c1. The minimum atomic E-state index is -3.58. The van der Waals surface area contributed by atoms with E-state index in [1.54, 1.807) is 56.7 Å². The summed E-state index contributed by atoms with van der Waals surface area (Å²) in [6, 6.07) is 13.3. The summed E-state index contributed by atoms with van der Waals surface area (Å²) in [5, 5.41) is 2.62. The Morgan fingerprint density at radius 2 is 1.63 bits per heavy atom. The van der Waals surface area contributed by atoms with Crippen molar-refractivity contribution in [1.82, 2.24) is 10.0 Å². The van der Waals surface area contributed by atoms with E-state index < -0.39 is 10.0 Å². The smallest absolute Gasteiger partial charge is 0.244 e. The van der Waals surface area contributed by atoms with Crippen LogP contribution in [-0.2, 0) is 14.8 Å². The highest BCUT2D eigenvalue weighted by Crippen LogP contribution is 2.23. The average molecular weight is 390 g/mol. The third-order valence-electron chi connectivity index (χ3n) is 3.57. The van der Waals surface area contributed by atoms with E-state index in [2.05, 4.69) is 10.0 Å². The number of methoxy groups -OCH3 is 2. The minimum absolute atomic E-state index is 0.0871. The second kappa shape index (κ2) is 9.75. The van der Waals surface area contributed by atoms with Crippen molar-refractivity contribution in [1.29, 1.82) is 0 Å². The van der Waals surface area contributed by atoms with Crippen LogP contribution in [-0.4, -0.2) is 41.6 Å². The number of rotatable bonds is 9. The number of hydrogen-bond acceptors (Lipinski definition) is 5. The maximum atomic E-state index is 12.0. The van der Waals surface area contributed by atoms with Crippen molar-refractivity contribution >= 4 is 22.0 Å². The summed E-state index contributed by atoms with van der Waals surface area (Å²) in [5.74, 6) is 0.894. The first-order chi connectivity index (χ1) is 12.9. The average Bonchev–Trinajstić information content (AvgIpc) is 2.70. The fourth-order valence-corrected chi connectivity index (χ4v) is 3.26. The van der Waals surface area contributed by atoms with Gasteiger partial charge in [0.15, 0.2) is 0 Å². The first kappa shape index (κ1) is 20.5. The van der Waals surface area contributed by atoms with Crippen LogP contribution >= 0.6 is 0 Å². The highest BCUT2D eigenvalue weighted by atomic mass is 32.2. The lowest BCUT2D eigenvalue weighted by atomic mass is 10.2. The monoisotopic (exact) mass is 390 g/mol. The highest BCUT2D eigenvalue weighted by molar-refractivity contribution is 7.89. The summed E-state index contributed by atoms with van der Waals surface area (Å²) >= 11 is 0. The first-order valence-electron chi connectivity index (χ1n) is 8.18. The van der Waals surface area contributed by atoms with Crippen molar-refractivity contribution in [2.45, 2.75) is 4.90 Å². The Morgan fingerprint density at radius 3 is 2.22 bits per heavy atom. The van der Waals surface area contributed by atoms with Crippen molar-refractivity contribution in [3.63, 3.8) is 0 Å². The molecule has 0 saturated heterocycles. The Balaban J connectivity index is 1.84. The molecule has 0 spiro atoms. The molecule has 0 aliphatic heterocycles. The van der Waals surface area contributed by atoms with E-state index in [4.69, 9.17) is 9.47 Å². The Kier molecular flexibility index (Phi) is 7.39. The van der Waals surface area contributed by atoms with Gasteiger partial charge in [0.25, 0.3) is 0 Å². The third kappa shape index (κ3) is 6.43. The van der Waals surface area contributed by atoms with Gasteiger partial charge < -0.3 is 14.8 Å². The third-order valence-corrected chi connectivity index (χ3v) is 5.05. The lowest BCUT2D eigenvalue weighted by Gasteiger charge is -2.07. The number of nitrogens with one attached hydrogen (secondary N) is 2. The number of carbonyl (C=O) groups is 1. The van der Waals surface area contributed by atoms with Crippen LogP contribution in [0.25, 0.3) is 6.08 Å². The Hall–Kier alpha value is -2.84. The number of benzene rings is 2. The summed E-state index contributed by atoms with van der Waals surface area (Å²) in [7, 11) is -0.482. The van der Waals surface area contributed by atoms with Crippen LogP contribution in [0.2, 0.25) is 0 Å². The molecule has 144 valence electrons. The summed E-state index contributed by atoms with van der Waals surface area (Å²) in [6.45, 7) is 0.250. The summed E-state index contributed by atoms with van der Waals surface area (Å²) in [4.78, 5) is 12.1. The second-order valence-corrected chi connectivity index (χ2v) is 7.25. The van der Waals surface area contributed by atoms with Gasteiger partial charge in [0.1, 0.15) is 11.5 Å². The predicted octanol–water partition coefficient (Wildman–Crippen LogP) is 1.81. The number of sulfonamides is 1. The molecule has 0 heterocycles. The van der Waals surface area contributed by atoms with E-state index in [1.807, 2.05) is 0 Å². The van der Waals surface area contributed by atoms with E-state index >= 15 is 0 Å². The van der Waals surface area contributed by atoms with Gasteiger partial charge in [-0.15, -0.1) is 0 Å². The normalized spacial score (nSPS) is 11.3. The van der Waals surface area contributed by atoms with Gasteiger partial charge in [-0.05, 0) is 35.9 Å². The molecule has 0 radical (unpaired) electrons. The molecule has 0 saturated carbocycles. The molecular weight excluding hydrogens is 368 g/mol. The van der Waals surface area contributed by atoms with E-state index in [0.29, 0.717) is 11.5 Å². The van der Waals surface area contributed by atoms with Crippen molar-refractivity contribution in [2.24, 2.45) is 0 Å². The van der Waals surface area contributed by atoms with Crippen molar-refractivity contribution in [3.8, 4) is 11.5 Å². The Morgan fingerprint density at radius 1 is 1.00 bits per heavy atom. The van der Waals surface area contributed by atoms with Gasteiger partial charge in [-0.1, -0.05) is 18.2 Å². The fourth-order valence-electron chi connectivity index (χ4n) is 2.21. The zero-order valence-corrected chi connectivity index (χ0v) is 16.0. The molecule has 0 aliphatic rings. The molecule has 0 bridgehead atoms. The van der Waals surface area contributed by atoms with Gasteiger partial charge in [0.05, 0.1) is 19.1 Å². The first-order valence-corrected chi connectivity index (χ1v) is 9.66. The molecule has 0 atom stereocenters. The van der Waals surface area contributed by atoms with Crippen molar-refractivity contribution in [3.05, 3.63) is 60.2 Å². The van der Waals surface area contributed by atoms with Gasteiger partial charge in [0.2, 0.25) is 15.9 Å². The van der Waals surface area contributed by atoms with Crippen molar-refractivity contribution < 1.29 is 22.7 Å². The molecule has 27 heavy (non-hydrogen) atoms. The molecule has 0 aliphatic carbocycles. The van der Waals surface area contributed by atoms with Crippen LogP contribution in [0, 0.1) is 0 Å². The number of hydrogen-bond donors (Lipinski definition) is 2. The molecule has 1 amide bonds. The van der Waals surface area contributed by atoms with Crippen molar-refractivity contribution in [2.75, 3.05) is 27.3 Å². The van der Waals surface area contributed by atoms with E-state index in [1.165, 1.54) is 18.2 Å². The zero-order chi connectivity index (χ0) is 19.7. The largest absolute Gasteiger partial charge is 0.497 e. The van der Waals surface area contributed by atoms with Gasteiger partial charge in [-0.3, -0.25) is 4.79 Å².